The van der Waals surface area contributed by atoms with Crippen molar-refractivity contribution in [2.24, 2.45) is 7.05 Å². The van der Waals surface area contributed by atoms with Crippen LogP contribution in [0.25, 0.3) is 0 Å². The molecule has 1 N–H and O–H groups in total. The standard InChI is InChI=1S/C5H8BrN3O/c1-3(10)4-7-5(6)8-9(4)2/h3,10H,1-2H3/t3-/m0/s1. The first-order valence-corrected chi connectivity index (χ1v) is 3.65. The number of halogens is 1. The third-order valence-corrected chi connectivity index (χ3v) is 1.48. The zero-order valence-electron chi connectivity index (χ0n) is 5.74. The van der Waals surface area contributed by atoms with Gasteiger partial charge in [-0.2, -0.15) is 0 Å². The van der Waals surface area contributed by atoms with E-state index in [4.69, 9.17) is 5.11 Å². The quantitative estimate of drug-likeness (QED) is 0.733. The SMILES string of the molecule is C[C@H](O)c1nc(Br)nn1C. The zero-order chi connectivity index (χ0) is 7.72. The molecule has 1 atom stereocenters. The third kappa shape index (κ3) is 1.35. The van der Waals surface area contributed by atoms with Crippen molar-refractivity contribution in [3.8, 4) is 0 Å². The van der Waals surface area contributed by atoms with Crippen LogP contribution in [0.15, 0.2) is 4.73 Å². The van der Waals surface area contributed by atoms with Crippen LogP contribution in [0.4, 0.5) is 0 Å². The first-order valence-electron chi connectivity index (χ1n) is 2.85. The molecule has 0 aromatic carbocycles. The Morgan fingerprint density at radius 3 is 2.50 bits per heavy atom. The lowest BCUT2D eigenvalue weighted by atomic mass is 10.4. The number of nitrogens with zero attached hydrogens (tertiary/aromatic N) is 3. The summed E-state index contributed by atoms with van der Waals surface area (Å²) < 4.78 is 2.04. The summed E-state index contributed by atoms with van der Waals surface area (Å²) in [6.07, 6.45) is -0.566. The van der Waals surface area contributed by atoms with Gasteiger partial charge in [-0.15, -0.1) is 5.10 Å². The molecule has 0 aliphatic heterocycles. The Bertz CT molecular complexity index is 233. The lowest BCUT2D eigenvalue weighted by Gasteiger charge is -1.99. The Balaban J connectivity index is 3.03. The van der Waals surface area contributed by atoms with Crippen LogP contribution in [-0.4, -0.2) is 19.9 Å². The first-order chi connectivity index (χ1) is 4.61. The predicted molar refractivity (Wildman–Crippen MR) is 39.3 cm³/mol. The van der Waals surface area contributed by atoms with Crippen LogP contribution >= 0.6 is 15.9 Å². The second-order valence-electron chi connectivity index (χ2n) is 2.04. The van der Waals surface area contributed by atoms with Gasteiger partial charge in [-0.1, -0.05) is 0 Å². The Labute approximate surface area is 67.0 Å². The van der Waals surface area contributed by atoms with Gasteiger partial charge >= 0.3 is 0 Å². The van der Waals surface area contributed by atoms with E-state index in [-0.39, 0.29) is 0 Å². The number of aliphatic hydroxyl groups is 1. The monoisotopic (exact) mass is 205 g/mol. The molecular formula is C5H8BrN3O. The summed E-state index contributed by atoms with van der Waals surface area (Å²) in [4.78, 5) is 3.93. The molecule has 0 fully saturated rings. The zero-order valence-corrected chi connectivity index (χ0v) is 7.33. The van der Waals surface area contributed by atoms with E-state index in [0.29, 0.717) is 10.6 Å². The molecule has 0 saturated carbocycles. The summed E-state index contributed by atoms with van der Waals surface area (Å²) in [5, 5.41) is 13.0. The van der Waals surface area contributed by atoms with Gasteiger partial charge in [-0.3, -0.25) is 0 Å². The van der Waals surface area contributed by atoms with E-state index in [1.165, 1.54) is 4.68 Å². The number of rotatable bonds is 1. The Hall–Kier alpha value is -0.420. The Morgan fingerprint density at radius 1 is 1.70 bits per heavy atom. The van der Waals surface area contributed by atoms with Gasteiger partial charge in [-0.05, 0) is 22.9 Å². The maximum Gasteiger partial charge on any atom is 0.217 e. The van der Waals surface area contributed by atoms with Crippen LogP contribution in [0.3, 0.4) is 0 Å². The van der Waals surface area contributed by atoms with E-state index in [1.807, 2.05) is 0 Å². The van der Waals surface area contributed by atoms with Gasteiger partial charge in [0.05, 0.1) is 0 Å². The summed E-state index contributed by atoms with van der Waals surface area (Å²) in [5.41, 5.74) is 0. The lowest BCUT2D eigenvalue weighted by molar-refractivity contribution is 0.184. The van der Waals surface area contributed by atoms with Gasteiger partial charge in [0.2, 0.25) is 4.73 Å². The van der Waals surface area contributed by atoms with Crippen molar-refractivity contribution in [3.63, 3.8) is 0 Å². The Kier molecular flexibility index (Phi) is 2.05. The third-order valence-electron chi connectivity index (χ3n) is 1.14. The van der Waals surface area contributed by atoms with Gasteiger partial charge in [0.1, 0.15) is 6.10 Å². The van der Waals surface area contributed by atoms with Crippen molar-refractivity contribution in [3.05, 3.63) is 10.6 Å². The molecule has 0 spiro atoms. The minimum absolute atomic E-state index is 0.505. The highest BCUT2D eigenvalue weighted by atomic mass is 79.9. The molecule has 1 rings (SSSR count). The Morgan fingerprint density at radius 2 is 2.30 bits per heavy atom. The maximum absolute atomic E-state index is 9.07. The fraction of sp³-hybridized carbons (Fsp3) is 0.600. The molecule has 0 aliphatic rings. The molecule has 0 amide bonds. The van der Waals surface area contributed by atoms with Crippen LogP contribution in [0.1, 0.15) is 18.9 Å². The van der Waals surface area contributed by atoms with E-state index in [1.54, 1.807) is 14.0 Å². The van der Waals surface area contributed by atoms with E-state index in [9.17, 15) is 0 Å². The molecular weight excluding hydrogens is 198 g/mol. The largest absolute Gasteiger partial charge is 0.385 e. The second kappa shape index (κ2) is 2.67. The molecule has 56 valence electrons. The van der Waals surface area contributed by atoms with Gasteiger partial charge in [0.25, 0.3) is 0 Å². The van der Waals surface area contributed by atoms with Crippen LogP contribution in [-0.2, 0) is 7.05 Å². The molecule has 0 saturated heterocycles. The van der Waals surface area contributed by atoms with Gasteiger partial charge in [0, 0.05) is 7.05 Å². The summed E-state index contributed by atoms with van der Waals surface area (Å²) in [6.45, 7) is 1.65. The highest BCUT2D eigenvalue weighted by Gasteiger charge is 2.08. The molecule has 4 nitrogen and oxygen atoms in total. The van der Waals surface area contributed by atoms with Crippen molar-refractivity contribution in [2.75, 3.05) is 0 Å². The van der Waals surface area contributed by atoms with Gasteiger partial charge in [-0.25, -0.2) is 9.67 Å². The maximum atomic E-state index is 9.07. The minimum Gasteiger partial charge on any atom is -0.385 e. The van der Waals surface area contributed by atoms with E-state index in [2.05, 4.69) is 26.0 Å². The van der Waals surface area contributed by atoms with E-state index < -0.39 is 6.10 Å². The molecule has 1 heterocycles. The molecule has 1 aromatic rings. The summed E-state index contributed by atoms with van der Waals surface area (Å²) >= 11 is 3.10. The summed E-state index contributed by atoms with van der Waals surface area (Å²) in [5.74, 6) is 0.562. The number of hydrogen-bond donors (Lipinski definition) is 1. The molecule has 5 heteroatoms. The van der Waals surface area contributed by atoms with Crippen LogP contribution in [0, 0.1) is 0 Å². The van der Waals surface area contributed by atoms with Crippen molar-refractivity contribution >= 4 is 15.9 Å². The summed E-state index contributed by atoms with van der Waals surface area (Å²) in [7, 11) is 1.74. The predicted octanol–water partition coefficient (Wildman–Crippen LogP) is 0.631. The molecule has 10 heavy (non-hydrogen) atoms. The number of aromatic nitrogens is 3. The molecule has 0 unspecified atom stereocenters. The highest BCUT2D eigenvalue weighted by Crippen LogP contribution is 2.10. The topological polar surface area (TPSA) is 50.9 Å². The molecule has 0 aliphatic carbocycles. The fourth-order valence-corrected chi connectivity index (χ4v) is 1.15. The van der Waals surface area contributed by atoms with Gasteiger partial charge in [0.15, 0.2) is 5.82 Å². The van der Waals surface area contributed by atoms with Crippen LogP contribution < -0.4 is 0 Å². The molecule has 1 aromatic heterocycles. The van der Waals surface area contributed by atoms with Crippen molar-refractivity contribution in [2.45, 2.75) is 13.0 Å². The highest BCUT2D eigenvalue weighted by molar-refractivity contribution is 9.10. The smallest absolute Gasteiger partial charge is 0.217 e. The second-order valence-corrected chi connectivity index (χ2v) is 2.75. The minimum atomic E-state index is -0.566. The average Bonchev–Trinajstić information content (AvgIpc) is 2.10. The summed E-state index contributed by atoms with van der Waals surface area (Å²) in [6, 6.07) is 0. The first kappa shape index (κ1) is 7.68. The number of aliphatic hydroxyl groups excluding tert-OH is 1. The van der Waals surface area contributed by atoms with Crippen molar-refractivity contribution < 1.29 is 5.11 Å². The molecule has 0 radical (unpaired) electrons. The fourth-order valence-electron chi connectivity index (χ4n) is 0.728. The van der Waals surface area contributed by atoms with E-state index in [0.717, 1.165) is 0 Å². The van der Waals surface area contributed by atoms with Crippen LogP contribution in [0.5, 0.6) is 0 Å². The van der Waals surface area contributed by atoms with Gasteiger partial charge < -0.3 is 5.11 Å². The lowest BCUT2D eigenvalue weighted by Crippen LogP contribution is -2.02. The van der Waals surface area contributed by atoms with Crippen LogP contribution in [0.2, 0.25) is 0 Å². The number of hydrogen-bond acceptors (Lipinski definition) is 3. The van der Waals surface area contributed by atoms with E-state index >= 15 is 0 Å². The normalized spacial score (nSPS) is 13.6. The van der Waals surface area contributed by atoms with Crippen molar-refractivity contribution in [1.82, 2.24) is 14.8 Å². The average molecular weight is 206 g/mol. The number of aryl methyl sites for hydroxylation is 1. The molecule has 0 bridgehead atoms. The van der Waals surface area contributed by atoms with Crippen molar-refractivity contribution in [1.29, 1.82) is 0 Å².